The molecule has 1 heterocycles. The number of amides is 1. The van der Waals surface area contributed by atoms with Gasteiger partial charge in [0.2, 0.25) is 0 Å². The Bertz CT molecular complexity index is 367. The molecule has 0 aliphatic rings. The largest absolute Gasteiger partial charge is 0.383 e. The average Bonchev–Trinajstić information content (AvgIpc) is 2.39. The Labute approximate surface area is 107 Å². The third-order valence-corrected chi connectivity index (χ3v) is 2.45. The fourth-order valence-corrected chi connectivity index (χ4v) is 1.45. The molecule has 0 aliphatic carbocycles. The number of rotatable bonds is 7. The molecular formula is C12H20N4O2. The van der Waals surface area contributed by atoms with Crippen LogP contribution in [0.5, 0.6) is 0 Å². The molecule has 0 saturated carbocycles. The van der Waals surface area contributed by atoms with E-state index in [2.05, 4.69) is 27.8 Å². The SMILES string of the molecule is CCNC(=O)c1ccc(NC(CC)COC)nn1. The van der Waals surface area contributed by atoms with Crippen LogP contribution in [-0.4, -0.2) is 42.4 Å². The van der Waals surface area contributed by atoms with Gasteiger partial charge in [-0.2, -0.15) is 0 Å². The molecule has 1 aromatic rings. The normalized spacial score (nSPS) is 11.9. The van der Waals surface area contributed by atoms with Crippen molar-refractivity contribution in [1.29, 1.82) is 0 Å². The van der Waals surface area contributed by atoms with Gasteiger partial charge in [0, 0.05) is 13.7 Å². The van der Waals surface area contributed by atoms with E-state index in [4.69, 9.17) is 4.74 Å². The van der Waals surface area contributed by atoms with E-state index in [1.54, 1.807) is 19.2 Å². The van der Waals surface area contributed by atoms with Crippen molar-refractivity contribution < 1.29 is 9.53 Å². The summed E-state index contributed by atoms with van der Waals surface area (Å²) in [6.45, 7) is 5.10. The van der Waals surface area contributed by atoms with Gasteiger partial charge >= 0.3 is 0 Å². The lowest BCUT2D eigenvalue weighted by Crippen LogP contribution is -2.26. The van der Waals surface area contributed by atoms with Crippen molar-refractivity contribution in [3.05, 3.63) is 17.8 Å². The fourth-order valence-electron chi connectivity index (χ4n) is 1.45. The van der Waals surface area contributed by atoms with E-state index in [1.807, 2.05) is 6.92 Å². The Morgan fingerprint density at radius 2 is 2.17 bits per heavy atom. The topological polar surface area (TPSA) is 76.1 Å². The summed E-state index contributed by atoms with van der Waals surface area (Å²) >= 11 is 0. The monoisotopic (exact) mass is 252 g/mol. The lowest BCUT2D eigenvalue weighted by Gasteiger charge is -2.15. The molecule has 0 saturated heterocycles. The lowest BCUT2D eigenvalue weighted by molar-refractivity contribution is 0.0950. The Balaban J connectivity index is 2.62. The number of anilines is 1. The Morgan fingerprint density at radius 1 is 1.39 bits per heavy atom. The number of ether oxygens (including phenoxy) is 1. The van der Waals surface area contributed by atoms with Crippen LogP contribution >= 0.6 is 0 Å². The number of nitrogens with zero attached hydrogens (tertiary/aromatic N) is 2. The first-order chi connectivity index (χ1) is 8.71. The van der Waals surface area contributed by atoms with E-state index in [1.165, 1.54) is 0 Å². The Kier molecular flexibility index (Phi) is 6.07. The van der Waals surface area contributed by atoms with Crippen LogP contribution in [0.25, 0.3) is 0 Å². The molecule has 0 spiro atoms. The summed E-state index contributed by atoms with van der Waals surface area (Å²) in [6.07, 6.45) is 0.924. The number of methoxy groups -OCH3 is 1. The first-order valence-corrected chi connectivity index (χ1v) is 6.08. The summed E-state index contributed by atoms with van der Waals surface area (Å²) in [4.78, 5) is 11.5. The molecule has 2 N–H and O–H groups in total. The molecule has 6 nitrogen and oxygen atoms in total. The number of carbonyl (C=O) groups is 1. The fraction of sp³-hybridized carbons (Fsp3) is 0.583. The zero-order valence-corrected chi connectivity index (χ0v) is 11.1. The highest BCUT2D eigenvalue weighted by Crippen LogP contribution is 2.06. The maximum Gasteiger partial charge on any atom is 0.271 e. The summed E-state index contributed by atoms with van der Waals surface area (Å²) < 4.78 is 5.09. The van der Waals surface area contributed by atoms with E-state index in [0.717, 1.165) is 6.42 Å². The van der Waals surface area contributed by atoms with Gasteiger partial charge < -0.3 is 15.4 Å². The van der Waals surface area contributed by atoms with Crippen LogP contribution in [0.15, 0.2) is 12.1 Å². The second-order valence-corrected chi connectivity index (χ2v) is 3.87. The summed E-state index contributed by atoms with van der Waals surface area (Å²) in [7, 11) is 1.66. The highest BCUT2D eigenvalue weighted by atomic mass is 16.5. The second kappa shape index (κ2) is 7.60. The molecule has 0 radical (unpaired) electrons. The van der Waals surface area contributed by atoms with Crippen molar-refractivity contribution >= 4 is 11.7 Å². The van der Waals surface area contributed by atoms with Crippen LogP contribution in [0.3, 0.4) is 0 Å². The van der Waals surface area contributed by atoms with Crippen molar-refractivity contribution in [2.45, 2.75) is 26.3 Å². The van der Waals surface area contributed by atoms with Crippen molar-refractivity contribution in [3.63, 3.8) is 0 Å². The summed E-state index contributed by atoms with van der Waals surface area (Å²) in [5, 5.41) is 13.7. The summed E-state index contributed by atoms with van der Waals surface area (Å²) in [5.74, 6) is 0.437. The molecular weight excluding hydrogens is 232 g/mol. The third-order valence-electron chi connectivity index (χ3n) is 2.45. The standard InChI is InChI=1S/C12H20N4O2/c1-4-9(8-18-3)14-11-7-6-10(15-16-11)12(17)13-5-2/h6-7,9H,4-5,8H2,1-3H3,(H,13,17)(H,14,16). The average molecular weight is 252 g/mol. The predicted molar refractivity (Wildman–Crippen MR) is 69.6 cm³/mol. The van der Waals surface area contributed by atoms with Gasteiger partial charge in [0.05, 0.1) is 12.6 Å². The molecule has 0 aliphatic heterocycles. The zero-order chi connectivity index (χ0) is 13.4. The van der Waals surface area contributed by atoms with Crippen molar-refractivity contribution in [2.75, 3.05) is 25.6 Å². The maximum atomic E-state index is 11.5. The van der Waals surface area contributed by atoms with Crippen LogP contribution in [0.2, 0.25) is 0 Å². The predicted octanol–water partition coefficient (Wildman–Crippen LogP) is 1.06. The molecule has 1 amide bonds. The minimum absolute atomic E-state index is 0.194. The zero-order valence-electron chi connectivity index (χ0n) is 11.1. The number of aromatic nitrogens is 2. The highest BCUT2D eigenvalue weighted by molar-refractivity contribution is 5.92. The summed E-state index contributed by atoms with van der Waals surface area (Å²) in [5.41, 5.74) is 0.321. The van der Waals surface area contributed by atoms with E-state index < -0.39 is 0 Å². The molecule has 1 atom stereocenters. The quantitative estimate of drug-likeness (QED) is 0.759. The van der Waals surface area contributed by atoms with Gasteiger partial charge in [-0.05, 0) is 25.5 Å². The van der Waals surface area contributed by atoms with Crippen LogP contribution in [0, 0.1) is 0 Å². The third kappa shape index (κ3) is 4.29. The number of hydrogen-bond donors (Lipinski definition) is 2. The maximum absolute atomic E-state index is 11.5. The summed E-state index contributed by atoms with van der Waals surface area (Å²) in [6, 6.07) is 3.59. The van der Waals surface area contributed by atoms with Gasteiger partial charge in [-0.3, -0.25) is 4.79 Å². The van der Waals surface area contributed by atoms with Crippen molar-refractivity contribution in [2.24, 2.45) is 0 Å². The van der Waals surface area contributed by atoms with Gasteiger partial charge in [-0.25, -0.2) is 0 Å². The molecule has 0 aromatic carbocycles. The van der Waals surface area contributed by atoms with Gasteiger partial charge in [0.25, 0.3) is 5.91 Å². The Hall–Kier alpha value is -1.69. The highest BCUT2D eigenvalue weighted by Gasteiger charge is 2.09. The number of hydrogen-bond acceptors (Lipinski definition) is 5. The van der Waals surface area contributed by atoms with Gasteiger partial charge in [-0.1, -0.05) is 6.92 Å². The van der Waals surface area contributed by atoms with Crippen LogP contribution in [0.4, 0.5) is 5.82 Å². The van der Waals surface area contributed by atoms with Crippen LogP contribution < -0.4 is 10.6 Å². The van der Waals surface area contributed by atoms with E-state index in [9.17, 15) is 4.79 Å². The van der Waals surface area contributed by atoms with Gasteiger partial charge in [0.1, 0.15) is 5.82 Å². The molecule has 1 aromatic heterocycles. The minimum atomic E-state index is -0.208. The molecule has 0 bridgehead atoms. The molecule has 0 fully saturated rings. The van der Waals surface area contributed by atoms with E-state index in [-0.39, 0.29) is 11.9 Å². The molecule has 100 valence electrons. The van der Waals surface area contributed by atoms with Crippen LogP contribution in [-0.2, 0) is 4.74 Å². The second-order valence-electron chi connectivity index (χ2n) is 3.87. The number of nitrogens with one attached hydrogen (secondary N) is 2. The van der Waals surface area contributed by atoms with Gasteiger partial charge in [0.15, 0.2) is 5.69 Å². The smallest absolute Gasteiger partial charge is 0.271 e. The first kappa shape index (κ1) is 14.4. The van der Waals surface area contributed by atoms with Crippen molar-refractivity contribution in [3.8, 4) is 0 Å². The Morgan fingerprint density at radius 3 is 2.67 bits per heavy atom. The van der Waals surface area contributed by atoms with Crippen LogP contribution in [0.1, 0.15) is 30.8 Å². The molecule has 1 unspecified atom stereocenters. The molecule has 6 heteroatoms. The minimum Gasteiger partial charge on any atom is -0.383 e. The lowest BCUT2D eigenvalue weighted by atomic mass is 10.2. The molecule has 1 rings (SSSR count). The van der Waals surface area contributed by atoms with E-state index in [0.29, 0.717) is 24.7 Å². The molecule has 18 heavy (non-hydrogen) atoms. The number of carbonyl (C=O) groups excluding carboxylic acids is 1. The van der Waals surface area contributed by atoms with Gasteiger partial charge in [-0.15, -0.1) is 10.2 Å². The van der Waals surface area contributed by atoms with Crippen molar-refractivity contribution in [1.82, 2.24) is 15.5 Å². The van der Waals surface area contributed by atoms with E-state index >= 15 is 0 Å². The first-order valence-electron chi connectivity index (χ1n) is 6.08.